The van der Waals surface area contributed by atoms with Crippen LogP contribution in [-0.4, -0.2) is 21.8 Å². The molecular formula is C20H18N2O4S. The fraction of sp³-hybridized carbons (Fsp3) is 0.250. The predicted molar refractivity (Wildman–Crippen MR) is 103 cm³/mol. The second-order valence-corrected chi connectivity index (χ2v) is 8.41. The quantitative estimate of drug-likeness (QED) is 0.726. The fourth-order valence-electron chi connectivity index (χ4n) is 3.12. The average molecular weight is 382 g/mol. The molecule has 0 saturated carbocycles. The number of amides is 1. The van der Waals surface area contributed by atoms with E-state index in [0.717, 1.165) is 10.2 Å². The molecule has 138 valence electrons. The van der Waals surface area contributed by atoms with E-state index >= 15 is 0 Å². The van der Waals surface area contributed by atoms with Crippen molar-refractivity contribution >= 4 is 38.4 Å². The summed E-state index contributed by atoms with van der Waals surface area (Å²) < 4.78 is 6.43. The lowest BCUT2D eigenvalue weighted by Crippen LogP contribution is -2.32. The summed E-state index contributed by atoms with van der Waals surface area (Å²) in [6.45, 7) is 5.25. The first-order valence-electron chi connectivity index (χ1n) is 8.49. The number of Topliss-reactive ketones (excluding diaryl/α,β-unsaturated/α-hetero) is 1. The van der Waals surface area contributed by atoms with E-state index in [1.54, 1.807) is 32.9 Å². The molecular weight excluding hydrogens is 364 g/mol. The molecule has 0 saturated heterocycles. The minimum Gasteiger partial charge on any atom is -0.503 e. The molecule has 2 aromatic heterocycles. The van der Waals surface area contributed by atoms with Crippen LogP contribution >= 0.6 is 11.3 Å². The molecule has 0 bridgehead atoms. The number of hydrogen-bond donors (Lipinski definition) is 1. The highest BCUT2D eigenvalue weighted by atomic mass is 32.1. The van der Waals surface area contributed by atoms with Crippen LogP contribution in [0.2, 0.25) is 0 Å². The molecule has 1 aliphatic heterocycles. The van der Waals surface area contributed by atoms with Crippen molar-refractivity contribution in [2.24, 2.45) is 5.41 Å². The fourth-order valence-corrected chi connectivity index (χ4v) is 4.11. The summed E-state index contributed by atoms with van der Waals surface area (Å²) >= 11 is 1.33. The third-order valence-electron chi connectivity index (χ3n) is 4.44. The topological polar surface area (TPSA) is 83.6 Å². The highest BCUT2D eigenvalue weighted by Crippen LogP contribution is 2.45. The van der Waals surface area contributed by atoms with Gasteiger partial charge in [-0.05, 0) is 24.3 Å². The van der Waals surface area contributed by atoms with Crippen LogP contribution in [0.4, 0.5) is 5.13 Å². The second kappa shape index (κ2) is 6.06. The summed E-state index contributed by atoms with van der Waals surface area (Å²) in [6, 6.07) is 10.0. The van der Waals surface area contributed by atoms with Gasteiger partial charge in [-0.1, -0.05) is 44.2 Å². The van der Waals surface area contributed by atoms with Crippen LogP contribution in [0.15, 0.2) is 58.4 Å². The Labute approximate surface area is 159 Å². The van der Waals surface area contributed by atoms with Crippen molar-refractivity contribution < 1.29 is 19.1 Å². The highest BCUT2D eigenvalue weighted by Gasteiger charge is 2.48. The van der Waals surface area contributed by atoms with E-state index in [1.165, 1.54) is 22.5 Å². The van der Waals surface area contributed by atoms with Crippen LogP contribution in [-0.2, 0) is 9.59 Å². The molecule has 0 aliphatic carbocycles. The predicted octanol–water partition coefficient (Wildman–Crippen LogP) is 4.40. The van der Waals surface area contributed by atoms with Crippen molar-refractivity contribution in [2.75, 3.05) is 4.90 Å². The number of fused-ring (bicyclic) bond motifs is 1. The maximum atomic E-state index is 13.0. The zero-order chi connectivity index (χ0) is 19.3. The van der Waals surface area contributed by atoms with Gasteiger partial charge in [-0.15, -0.1) is 0 Å². The van der Waals surface area contributed by atoms with Crippen LogP contribution < -0.4 is 4.90 Å². The molecule has 4 rings (SSSR count). The van der Waals surface area contributed by atoms with E-state index in [4.69, 9.17) is 4.42 Å². The van der Waals surface area contributed by atoms with Crippen molar-refractivity contribution in [3.63, 3.8) is 0 Å². The number of furan rings is 1. The highest BCUT2D eigenvalue weighted by molar-refractivity contribution is 7.22. The molecule has 6 nitrogen and oxygen atoms in total. The van der Waals surface area contributed by atoms with Crippen LogP contribution in [0.1, 0.15) is 32.6 Å². The van der Waals surface area contributed by atoms with Gasteiger partial charge in [0, 0.05) is 5.41 Å². The first-order valence-corrected chi connectivity index (χ1v) is 9.31. The third kappa shape index (κ3) is 2.75. The SMILES string of the molecule is CC(C)(C)C(=O)C1=C(O)C(=O)N(c2nc3ccccc3s2)C1c1ccco1. The lowest BCUT2D eigenvalue weighted by Gasteiger charge is -2.25. The van der Waals surface area contributed by atoms with Gasteiger partial charge in [0.2, 0.25) is 0 Å². The molecule has 1 aromatic carbocycles. The van der Waals surface area contributed by atoms with Gasteiger partial charge in [0.05, 0.1) is 22.1 Å². The maximum Gasteiger partial charge on any atom is 0.296 e. The van der Waals surface area contributed by atoms with Gasteiger partial charge >= 0.3 is 0 Å². The molecule has 27 heavy (non-hydrogen) atoms. The number of anilines is 1. The Kier molecular flexibility index (Phi) is 3.92. The van der Waals surface area contributed by atoms with Gasteiger partial charge in [0.15, 0.2) is 16.7 Å². The summed E-state index contributed by atoms with van der Waals surface area (Å²) in [5.41, 5.74) is 0.0261. The number of thiazole rings is 1. The zero-order valence-electron chi connectivity index (χ0n) is 15.1. The van der Waals surface area contributed by atoms with Crippen molar-refractivity contribution in [2.45, 2.75) is 26.8 Å². The number of rotatable bonds is 3. The van der Waals surface area contributed by atoms with E-state index in [2.05, 4.69) is 4.98 Å². The summed E-state index contributed by atoms with van der Waals surface area (Å²) in [7, 11) is 0. The van der Waals surface area contributed by atoms with Crippen molar-refractivity contribution in [1.29, 1.82) is 0 Å². The van der Waals surface area contributed by atoms with Gasteiger partial charge in [-0.25, -0.2) is 4.98 Å². The van der Waals surface area contributed by atoms with E-state index < -0.39 is 23.1 Å². The standard InChI is InChI=1S/C20H18N2O4S/c1-20(2,3)17(24)14-15(12-8-6-10-26-12)22(18(25)16(14)23)19-21-11-7-4-5-9-13(11)27-19/h4-10,15,23H,1-3H3. The van der Waals surface area contributed by atoms with Gasteiger partial charge in [0.1, 0.15) is 11.8 Å². The van der Waals surface area contributed by atoms with Gasteiger partial charge in [-0.3, -0.25) is 14.5 Å². The Morgan fingerprint density at radius 3 is 2.59 bits per heavy atom. The number of benzene rings is 1. The van der Waals surface area contributed by atoms with E-state index in [9.17, 15) is 14.7 Å². The van der Waals surface area contributed by atoms with Crippen LogP contribution in [0.25, 0.3) is 10.2 Å². The normalized spacial score (nSPS) is 18.0. The summed E-state index contributed by atoms with van der Waals surface area (Å²) in [5, 5.41) is 11.0. The number of aliphatic hydroxyl groups excluding tert-OH is 1. The molecule has 0 spiro atoms. The van der Waals surface area contributed by atoms with Gasteiger partial charge in [-0.2, -0.15) is 0 Å². The van der Waals surface area contributed by atoms with Crippen LogP contribution in [0, 0.1) is 5.41 Å². The van der Waals surface area contributed by atoms with Crippen LogP contribution in [0.3, 0.4) is 0 Å². The number of ketones is 1. The Morgan fingerprint density at radius 2 is 1.96 bits per heavy atom. The molecule has 1 unspecified atom stereocenters. The zero-order valence-corrected chi connectivity index (χ0v) is 15.9. The number of nitrogens with zero attached hydrogens (tertiary/aromatic N) is 2. The summed E-state index contributed by atoms with van der Waals surface area (Å²) in [6.07, 6.45) is 1.48. The molecule has 0 fully saturated rings. The first kappa shape index (κ1) is 17.5. The lowest BCUT2D eigenvalue weighted by molar-refractivity contribution is -0.123. The van der Waals surface area contributed by atoms with Crippen LogP contribution in [0.5, 0.6) is 0 Å². The van der Waals surface area contributed by atoms with E-state index in [-0.39, 0.29) is 11.4 Å². The Bertz CT molecular complexity index is 1040. The Hall–Kier alpha value is -2.93. The molecule has 3 heterocycles. The maximum absolute atomic E-state index is 13.0. The number of carbonyl (C=O) groups excluding carboxylic acids is 2. The molecule has 1 atom stereocenters. The molecule has 1 amide bonds. The molecule has 3 aromatic rings. The van der Waals surface area contributed by atoms with Gasteiger partial charge < -0.3 is 9.52 Å². The van der Waals surface area contributed by atoms with Crippen molar-refractivity contribution in [1.82, 2.24) is 4.98 Å². The summed E-state index contributed by atoms with van der Waals surface area (Å²) in [5.74, 6) is -1.10. The average Bonchev–Trinajstić information content (AvgIpc) is 3.32. The first-order chi connectivity index (χ1) is 12.8. The lowest BCUT2D eigenvalue weighted by atomic mass is 9.83. The molecule has 1 aliphatic rings. The molecule has 1 N–H and O–H groups in total. The minimum atomic E-state index is -0.847. The smallest absolute Gasteiger partial charge is 0.296 e. The molecule has 7 heteroatoms. The molecule has 0 radical (unpaired) electrons. The largest absolute Gasteiger partial charge is 0.503 e. The number of para-hydroxylation sites is 1. The van der Waals surface area contributed by atoms with Crippen molar-refractivity contribution in [3.05, 3.63) is 59.8 Å². The minimum absolute atomic E-state index is 0.0432. The number of aliphatic hydroxyl groups is 1. The van der Waals surface area contributed by atoms with Gasteiger partial charge in [0.25, 0.3) is 5.91 Å². The second-order valence-electron chi connectivity index (χ2n) is 7.40. The Balaban J connectivity index is 1.89. The Morgan fingerprint density at radius 1 is 1.22 bits per heavy atom. The summed E-state index contributed by atoms with van der Waals surface area (Å²) in [4.78, 5) is 31.8. The number of carbonyl (C=O) groups is 2. The number of hydrogen-bond acceptors (Lipinski definition) is 6. The monoisotopic (exact) mass is 382 g/mol. The third-order valence-corrected chi connectivity index (χ3v) is 5.47. The van der Waals surface area contributed by atoms with E-state index in [0.29, 0.717) is 10.9 Å². The number of aromatic nitrogens is 1. The van der Waals surface area contributed by atoms with Crippen molar-refractivity contribution in [3.8, 4) is 0 Å². The van der Waals surface area contributed by atoms with E-state index in [1.807, 2.05) is 24.3 Å².